The third kappa shape index (κ3) is 5.97. The van der Waals surface area contributed by atoms with Gasteiger partial charge in [0.25, 0.3) is 0 Å². The van der Waals surface area contributed by atoms with Crippen LogP contribution in [-0.2, 0) is 12.7 Å². The van der Waals surface area contributed by atoms with Crippen molar-refractivity contribution >= 4 is 33.4 Å². The summed E-state index contributed by atoms with van der Waals surface area (Å²) in [5.74, 6) is -0.394. The predicted octanol–water partition coefficient (Wildman–Crippen LogP) is 11.5. The van der Waals surface area contributed by atoms with E-state index in [0.29, 0.717) is 49.8 Å². The number of halogens is 3. The van der Waals surface area contributed by atoms with Crippen LogP contribution in [0.3, 0.4) is 0 Å². The first kappa shape index (κ1) is 39.9. The second-order valence-corrected chi connectivity index (χ2v) is 19.1. The minimum atomic E-state index is -4.62. The zero-order chi connectivity index (χ0) is 42.6. The molecule has 2 spiro atoms. The molecule has 61 heavy (non-hydrogen) atoms. The average Bonchev–Trinajstić information content (AvgIpc) is 3.52. The molecule has 314 valence electrons. The lowest BCUT2D eigenvalue weighted by Crippen LogP contribution is -2.67. The van der Waals surface area contributed by atoms with Crippen molar-refractivity contribution < 1.29 is 37.7 Å². The highest BCUT2D eigenvalue weighted by atomic mass is 19.4. The van der Waals surface area contributed by atoms with Gasteiger partial charge in [0.05, 0.1) is 23.8 Å². The molecule has 0 aromatic heterocycles. The van der Waals surface area contributed by atoms with E-state index >= 15 is 0 Å². The van der Waals surface area contributed by atoms with Crippen molar-refractivity contribution in [2.24, 2.45) is 33.5 Å². The maximum atomic E-state index is 15.0. The van der Waals surface area contributed by atoms with E-state index in [-0.39, 0.29) is 35.9 Å². The van der Waals surface area contributed by atoms with Crippen molar-refractivity contribution in [2.75, 3.05) is 6.54 Å². The number of ketones is 1. The molecule has 0 radical (unpaired) electrons. The number of hydrogen-bond acceptors (Lipinski definition) is 5. The molecule has 5 aromatic carbocycles. The van der Waals surface area contributed by atoms with Crippen LogP contribution in [0, 0.1) is 33.5 Å². The zero-order valence-corrected chi connectivity index (χ0v) is 34.4. The van der Waals surface area contributed by atoms with Crippen LogP contribution in [0.1, 0.15) is 80.3 Å². The Morgan fingerprint density at radius 1 is 0.770 bits per heavy atom. The highest BCUT2D eigenvalue weighted by molar-refractivity contribution is 6.10. The van der Waals surface area contributed by atoms with Gasteiger partial charge in [-0.3, -0.25) is 4.79 Å². The number of amides is 1. The Bertz CT molecular complexity index is 2670. The maximum absolute atomic E-state index is 15.0. The van der Waals surface area contributed by atoms with Gasteiger partial charge < -0.3 is 19.8 Å². The lowest BCUT2D eigenvalue weighted by atomic mass is 9.32. The number of nitrogens with zero attached hydrogens (tertiary/aromatic N) is 1. The first-order valence-electron chi connectivity index (χ1n) is 21.6. The van der Waals surface area contributed by atoms with Gasteiger partial charge in [-0.05, 0) is 114 Å². The number of rotatable bonds is 7. The number of alkyl halides is 3. The fourth-order valence-electron chi connectivity index (χ4n) is 13.1. The highest BCUT2D eigenvalue weighted by Crippen LogP contribution is 2.78. The number of benzene rings is 5. The van der Waals surface area contributed by atoms with E-state index in [2.05, 4.69) is 26.0 Å². The molecule has 5 aromatic rings. The molecule has 6 nitrogen and oxygen atoms in total. The van der Waals surface area contributed by atoms with Gasteiger partial charge >= 0.3 is 12.3 Å². The molecule has 0 aliphatic heterocycles. The van der Waals surface area contributed by atoms with E-state index in [1.807, 2.05) is 84.9 Å². The molecule has 6 aliphatic carbocycles. The van der Waals surface area contributed by atoms with E-state index in [1.165, 1.54) is 12.1 Å². The second kappa shape index (κ2) is 13.9. The number of carbonyl (C=O) groups excluding carboxylic acids is 2. The Labute approximate surface area is 353 Å². The molecule has 3 fully saturated rings. The van der Waals surface area contributed by atoms with Crippen molar-refractivity contribution in [3.63, 3.8) is 0 Å². The molecule has 8 atom stereocenters. The van der Waals surface area contributed by atoms with Crippen molar-refractivity contribution in [1.82, 2.24) is 4.90 Å². The Kier molecular flexibility index (Phi) is 9.07. The van der Waals surface area contributed by atoms with E-state index in [9.17, 15) is 33.0 Å². The average molecular weight is 826 g/mol. The lowest BCUT2D eigenvalue weighted by molar-refractivity contribution is -0.175. The number of carbonyl (C=O) groups is 2. The highest BCUT2D eigenvalue weighted by Gasteiger charge is 2.74. The van der Waals surface area contributed by atoms with E-state index in [0.717, 1.165) is 45.7 Å². The first-order chi connectivity index (χ1) is 29.1. The standard InChI is InChI=1S/C52H50F3NO5/c1-47-22-19-39(57)29-49(47)25-26-51(42(30-49)45(58)36-13-8-15-38(27-36)52(53,54)55)43(47)20-23-48(2)44(51)21-24-50(48,60)32-56(31-37-14-7-12-34-10-5-6-16-41(34)37)46(59)61-40-18-17-33-9-3-4-11-35(33)28-40/h3-18,25-28,30,39,43-44,57,60H,19-24,29,31-32H2,1-2H3/t39?,43-,44-,47-,48+,49+,50-,51-/m1/s1. The summed E-state index contributed by atoms with van der Waals surface area (Å²) >= 11 is 0. The van der Waals surface area contributed by atoms with Crippen LogP contribution in [0.4, 0.5) is 18.0 Å². The van der Waals surface area contributed by atoms with Crippen LogP contribution in [0.5, 0.6) is 5.75 Å². The van der Waals surface area contributed by atoms with Gasteiger partial charge in [-0.25, -0.2) is 4.79 Å². The molecule has 1 unspecified atom stereocenters. The summed E-state index contributed by atoms with van der Waals surface area (Å²) < 4.78 is 48.3. The molecule has 9 heteroatoms. The second-order valence-electron chi connectivity index (χ2n) is 19.1. The van der Waals surface area contributed by atoms with Gasteiger partial charge in [-0.15, -0.1) is 0 Å². The number of aliphatic hydroxyl groups excluding tert-OH is 1. The van der Waals surface area contributed by atoms with Crippen LogP contribution >= 0.6 is 0 Å². The van der Waals surface area contributed by atoms with E-state index in [4.69, 9.17) is 4.74 Å². The minimum absolute atomic E-state index is 0.0251. The molecular weight excluding hydrogens is 776 g/mol. The van der Waals surface area contributed by atoms with Crippen molar-refractivity contribution in [1.29, 1.82) is 0 Å². The Hall–Kier alpha value is -5.25. The number of ether oxygens (including phenoxy) is 1. The number of aliphatic hydroxyl groups is 2. The van der Waals surface area contributed by atoms with Gasteiger partial charge in [0, 0.05) is 33.9 Å². The van der Waals surface area contributed by atoms with Gasteiger partial charge in [-0.1, -0.05) is 117 Å². The lowest BCUT2D eigenvalue weighted by Gasteiger charge is -2.71. The molecule has 2 bridgehead atoms. The summed E-state index contributed by atoms with van der Waals surface area (Å²) in [6, 6.07) is 32.0. The largest absolute Gasteiger partial charge is 0.416 e. The number of Topliss-reactive ketones (excluding diaryl/α,β-unsaturated/α-hetero) is 1. The predicted molar refractivity (Wildman–Crippen MR) is 229 cm³/mol. The van der Waals surface area contributed by atoms with E-state index < -0.39 is 51.6 Å². The molecule has 6 aliphatic rings. The molecule has 1 amide bonds. The number of allylic oxidation sites excluding steroid dienone is 4. The third-order valence-electron chi connectivity index (χ3n) is 16.3. The number of fused-ring (bicyclic) bond motifs is 3. The summed E-state index contributed by atoms with van der Waals surface area (Å²) in [6.45, 7) is 4.49. The summed E-state index contributed by atoms with van der Waals surface area (Å²) in [5.41, 5.74) is -3.64. The van der Waals surface area contributed by atoms with Crippen LogP contribution in [0.15, 0.2) is 133 Å². The minimum Gasteiger partial charge on any atom is -0.410 e. The molecular formula is C52H50F3NO5. The summed E-state index contributed by atoms with van der Waals surface area (Å²) in [4.78, 5) is 31.2. The summed E-state index contributed by atoms with van der Waals surface area (Å²) in [5, 5.41) is 28.4. The fourth-order valence-corrected chi connectivity index (χ4v) is 13.1. The SMILES string of the molecule is C[C@]12CC[C@H]3[C@]4(C=C[C@@]5(C=C4C(=O)c4cccc(C(F)(F)F)c4)CC(O)CC[C@]35C)[C@@H]1CC[C@@]2(O)CN(Cc1cccc2ccccc12)C(=O)Oc1ccc2ccccc2c1. The third-order valence-corrected chi connectivity index (χ3v) is 16.3. The van der Waals surface area contributed by atoms with Gasteiger partial charge in [0.1, 0.15) is 5.75 Å². The van der Waals surface area contributed by atoms with Gasteiger partial charge in [0.15, 0.2) is 5.78 Å². The first-order valence-corrected chi connectivity index (χ1v) is 21.6. The topological polar surface area (TPSA) is 87.1 Å². The van der Waals surface area contributed by atoms with Crippen LogP contribution in [-0.4, -0.2) is 45.2 Å². The van der Waals surface area contributed by atoms with Crippen molar-refractivity contribution in [2.45, 2.75) is 83.2 Å². The summed E-state index contributed by atoms with van der Waals surface area (Å²) in [7, 11) is 0. The molecule has 0 saturated heterocycles. The smallest absolute Gasteiger partial charge is 0.410 e. The van der Waals surface area contributed by atoms with Crippen molar-refractivity contribution in [3.8, 4) is 5.75 Å². The maximum Gasteiger partial charge on any atom is 0.416 e. The normalized spacial score (nSPS) is 32.5. The van der Waals surface area contributed by atoms with Crippen molar-refractivity contribution in [3.05, 3.63) is 150 Å². The van der Waals surface area contributed by atoms with Gasteiger partial charge in [-0.2, -0.15) is 13.2 Å². The van der Waals surface area contributed by atoms with E-state index in [1.54, 1.807) is 11.0 Å². The quantitative estimate of drug-likeness (QED) is 0.126. The molecule has 2 N–H and O–H groups in total. The monoisotopic (exact) mass is 825 g/mol. The Morgan fingerprint density at radius 3 is 2.26 bits per heavy atom. The fraction of sp³-hybridized carbons (Fsp3) is 0.385. The van der Waals surface area contributed by atoms with Crippen LogP contribution in [0.25, 0.3) is 21.5 Å². The molecule has 0 heterocycles. The molecule has 3 saturated carbocycles. The Morgan fingerprint density at radius 2 is 1.46 bits per heavy atom. The van der Waals surface area contributed by atoms with Gasteiger partial charge in [0.2, 0.25) is 0 Å². The summed E-state index contributed by atoms with van der Waals surface area (Å²) in [6.07, 6.45) is 4.48. The number of hydrogen-bond donors (Lipinski definition) is 2. The zero-order valence-electron chi connectivity index (χ0n) is 34.4. The van der Waals surface area contributed by atoms with Crippen LogP contribution in [0.2, 0.25) is 0 Å². The molecule has 11 rings (SSSR count). The Balaban J connectivity index is 1.05. The van der Waals surface area contributed by atoms with Crippen LogP contribution < -0.4 is 4.74 Å².